The summed E-state index contributed by atoms with van der Waals surface area (Å²) in [5, 5.41) is 3.49. The van der Waals surface area contributed by atoms with Gasteiger partial charge in [0.25, 0.3) is 0 Å². The third-order valence-electron chi connectivity index (χ3n) is 5.39. The number of hydrogen-bond donors (Lipinski definition) is 1. The van der Waals surface area contributed by atoms with Gasteiger partial charge in [0.1, 0.15) is 0 Å². The van der Waals surface area contributed by atoms with E-state index in [4.69, 9.17) is 0 Å². The highest BCUT2D eigenvalue weighted by Gasteiger charge is 2.50. The molecule has 0 radical (unpaired) electrons. The smallest absolute Gasteiger partial charge is 0.0576 e. The molecule has 4 rings (SSSR count). The summed E-state index contributed by atoms with van der Waals surface area (Å²) in [4.78, 5) is 0. The van der Waals surface area contributed by atoms with Crippen molar-refractivity contribution in [2.45, 2.75) is 51.9 Å². The fourth-order valence-electron chi connectivity index (χ4n) is 5.19. The van der Waals surface area contributed by atoms with Crippen LogP contribution >= 0.6 is 0 Å². The lowest BCUT2D eigenvalue weighted by Gasteiger charge is -2.57. The Labute approximate surface area is 106 Å². The summed E-state index contributed by atoms with van der Waals surface area (Å²) in [5.74, 6) is 9.33. The Bertz CT molecular complexity index is 298. The van der Waals surface area contributed by atoms with Gasteiger partial charge in [0.2, 0.25) is 0 Å². The molecule has 0 unspecified atom stereocenters. The molecule has 4 aliphatic carbocycles. The predicted molar refractivity (Wildman–Crippen MR) is 71.5 cm³/mol. The first-order valence-corrected chi connectivity index (χ1v) is 7.40. The molecular formula is C16H25N. The van der Waals surface area contributed by atoms with Crippen molar-refractivity contribution in [3.8, 4) is 11.8 Å². The number of rotatable bonds is 4. The van der Waals surface area contributed by atoms with E-state index in [1.54, 1.807) is 38.5 Å². The van der Waals surface area contributed by atoms with Gasteiger partial charge in [-0.25, -0.2) is 0 Å². The van der Waals surface area contributed by atoms with Crippen molar-refractivity contribution in [3.63, 3.8) is 0 Å². The van der Waals surface area contributed by atoms with Crippen LogP contribution in [0, 0.1) is 35.0 Å². The summed E-state index contributed by atoms with van der Waals surface area (Å²) in [6.07, 6.45) is 10.7. The molecule has 17 heavy (non-hydrogen) atoms. The molecule has 1 nitrogen and oxygen atoms in total. The summed E-state index contributed by atoms with van der Waals surface area (Å²) in [6.45, 7) is 3.98. The molecule has 1 heteroatoms. The van der Waals surface area contributed by atoms with Crippen molar-refractivity contribution in [2.24, 2.45) is 23.2 Å². The number of hydrogen-bond acceptors (Lipinski definition) is 1. The van der Waals surface area contributed by atoms with E-state index in [0.717, 1.165) is 29.7 Å². The van der Waals surface area contributed by atoms with E-state index in [1.807, 2.05) is 6.92 Å². The van der Waals surface area contributed by atoms with Crippen molar-refractivity contribution in [1.29, 1.82) is 0 Å². The maximum absolute atomic E-state index is 3.49. The zero-order valence-corrected chi connectivity index (χ0v) is 11.1. The van der Waals surface area contributed by atoms with Crippen LogP contribution in [0.4, 0.5) is 0 Å². The molecule has 0 atom stereocenters. The monoisotopic (exact) mass is 231 g/mol. The molecule has 0 aromatic rings. The Morgan fingerprint density at radius 2 is 1.65 bits per heavy atom. The summed E-state index contributed by atoms with van der Waals surface area (Å²) < 4.78 is 0. The topological polar surface area (TPSA) is 12.0 Å². The van der Waals surface area contributed by atoms with Gasteiger partial charge in [0.05, 0.1) is 6.54 Å². The minimum atomic E-state index is 0.737. The van der Waals surface area contributed by atoms with Crippen LogP contribution in [0.25, 0.3) is 0 Å². The molecule has 1 N–H and O–H groups in total. The fraction of sp³-hybridized carbons (Fsp3) is 0.875. The Kier molecular flexibility index (Phi) is 3.17. The molecule has 4 saturated carbocycles. The zero-order chi connectivity index (χ0) is 11.7. The van der Waals surface area contributed by atoms with Gasteiger partial charge in [-0.3, -0.25) is 0 Å². The van der Waals surface area contributed by atoms with Crippen molar-refractivity contribution in [3.05, 3.63) is 0 Å². The zero-order valence-electron chi connectivity index (χ0n) is 11.1. The fourth-order valence-corrected chi connectivity index (χ4v) is 5.19. The molecular weight excluding hydrogens is 206 g/mol. The third kappa shape index (κ3) is 2.38. The van der Waals surface area contributed by atoms with Crippen LogP contribution in [0.3, 0.4) is 0 Å². The summed E-state index contributed by atoms with van der Waals surface area (Å²) >= 11 is 0. The second kappa shape index (κ2) is 4.65. The van der Waals surface area contributed by atoms with Gasteiger partial charge in [0, 0.05) is 0 Å². The highest BCUT2D eigenvalue weighted by atomic mass is 14.8. The van der Waals surface area contributed by atoms with Crippen LogP contribution in [0.15, 0.2) is 0 Å². The highest BCUT2D eigenvalue weighted by Crippen LogP contribution is 2.61. The average molecular weight is 231 g/mol. The third-order valence-corrected chi connectivity index (χ3v) is 5.39. The van der Waals surface area contributed by atoms with Crippen molar-refractivity contribution < 1.29 is 0 Å². The van der Waals surface area contributed by atoms with Gasteiger partial charge in [-0.15, -0.1) is 5.92 Å². The average Bonchev–Trinajstić information content (AvgIpc) is 2.26. The molecule has 4 fully saturated rings. The van der Waals surface area contributed by atoms with Gasteiger partial charge in [0.15, 0.2) is 0 Å². The van der Waals surface area contributed by atoms with Crippen molar-refractivity contribution in [2.75, 3.05) is 13.1 Å². The molecule has 0 heterocycles. The van der Waals surface area contributed by atoms with Crippen LogP contribution in [-0.2, 0) is 0 Å². The second-order valence-corrected chi connectivity index (χ2v) is 6.77. The maximum Gasteiger partial charge on any atom is 0.0576 e. The van der Waals surface area contributed by atoms with E-state index < -0.39 is 0 Å². The summed E-state index contributed by atoms with van der Waals surface area (Å²) in [6, 6.07) is 0. The van der Waals surface area contributed by atoms with Crippen LogP contribution in [0.2, 0.25) is 0 Å². The van der Waals surface area contributed by atoms with E-state index in [9.17, 15) is 0 Å². The van der Waals surface area contributed by atoms with Gasteiger partial charge in [-0.05, 0) is 81.6 Å². The van der Waals surface area contributed by atoms with E-state index in [1.165, 1.54) is 13.0 Å². The van der Waals surface area contributed by atoms with E-state index in [2.05, 4.69) is 17.2 Å². The Hall–Kier alpha value is -0.480. The molecule has 4 bridgehead atoms. The first-order chi connectivity index (χ1) is 8.30. The summed E-state index contributed by atoms with van der Waals surface area (Å²) in [5.41, 5.74) is 0.737. The molecule has 4 aliphatic rings. The molecule has 94 valence electrons. The number of nitrogens with one attached hydrogen (secondary N) is 1. The Morgan fingerprint density at radius 3 is 2.18 bits per heavy atom. The largest absolute Gasteiger partial charge is 0.306 e. The van der Waals surface area contributed by atoms with Crippen LogP contribution in [-0.4, -0.2) is 13.1 Å². The van der Waals surface area contributed by atoms with E-state index in [-0.39, 0.29) is 0 Å². The van der Waals surface area contributed by atoms with Crippen LogP contribution in [0.1, 0.15) is 51.9 Å². The molecule has 0 aliphatic heterocycles. The molecule has 0 aromatic carbocycles. The minimum absolute atomic E-state index is 0.737. The maximum atomic E-state index is 3.49. The van der Waals surface area contributed by atoms with Gasteiger partial charge >= 0.3 is 0 Å². The molecule has 0 spiro atoms. The van der Waals surface area contributed by atoms with Crippen LogP contribution < -0.4 is 5.32 Å². The highest BCUT2D eigenvalue weighted by molar-refractivity contribution is 5.02. The molecule has 0 amide bonds. The van der Waals surface area contributed by atoms with E-state index >= 15 is 0 Å². The molecule has 0 aromatic heterocycles. The lowest BCUT2D eigenvalue weighted by atomic mass is 9.49. The lowest BCUT2D eigenvalue weighted by molar-refractivity contribution is -0.0566. The first kappa shape index (κ1) is 11.6. The second-order valence-electron chi connectivity index (χ2n) is 6.77. The quantitative estimate of drug-likeness (QED) is 0.579. The van der Waals surface area contributed by atoms with Crippen LogP contribution in [0.5, 0.6) is 0 Å². The van der Waals surface area contributed by atoms with Crippen molar-refractivity contribution in [1.82, 2.24) is 5.32 Å². The van der Waals surface area contributed by atoms with Gasteiger partial charge in [-0.2, -0.15) is 0 Å². The van der Waals surface area contributed by atoms with Crippen molar-refractivity contribution >= 4 is 0 Å². The van der Waals surface area contributed by atoms with Gasteiger partial charge in [-0.1, -0.05) is 5.92 Å². The Morgan fingerprint density at radius 1 is 1.06 bits per heavy atom. The Balaban J connectivity index is 1.53. The summed E-state index contributed by atoms with van der Waals surface area (Å²) in [7, 11) is 0. The molecule has 0 saturated heterocycles. The lowest BCUT2D eigenvalue weighted by Crippen LogP contribution is -2.47. The first-order valence-electron chi connectivity index (χ1n) is 7.40. The minimum Gasteiger partial charge on any atom is -0.306 e. The standard InChI is InChI=1S/C16H25N/c1-2-3-5-17-6-4-16-10-13-7-14(11-16)9-15(8-13)12-16/h13-15,17H,4-12H2,1H3. The SMILES string of the molecule is CC#CCNCCC12CC3CC(CC(C3)C1)C2. The van der Waals surface area contributed by atoms with E-state index in [0.29, 0.717) is 0 Å². The van der Waals surface area contributed by atoms with Gasteiger partial charge < -0.3 is 5.32 Å². The normalized spacial score (nSPS) is 42.3. The predicted octanol–water partition coefficient (Wildman–Crippen LogP) is 3.21.